The molecule has 0 bridgehead atoms. The van der Waals surface area contributed by atoms with Gasteiger partial charge in [-0.3, -0.25) is 4.79 Å². The summed E-state index contributed by atoms with van der Waals surface area (Å²) in [6.07, 6.45) is 1.98. The molecule has 0 aliphatic heterocycles. The summed E-state index contributed by atoms with van der Waals surface area (Å²) in [5.74, 6) is 1.08. The molecular formula is C16H24N2O2. The second-order valence-electron chi connectivity index (χ2n) is 5.89. The number of nitrogens with two attached hydrogens (primary N) is 1. The highest BCUT2D eigenvalue weighted by Crippen LogP contribution is 2.31. The summed E-state index contributed by atoms with van der Waals surface area (Å²) in [5.41, 5.74) is 8.44. The number of nitrogens with one attached hydrogen (secondary N) is 1. The first-order valence-corrected chi connectivity index (χ1v) is 7.28. The Morgan fingerprint density at radius 2 is 2.20 bits per heavy atom. The third-order valence-corrected chi connectivity index (χ3v) is 4.00. The molecule has 3 N–H and O–H groups in total. The van der Waals surface area contributed by atoms with Crippen LogP contribution in [0, 0.1) is 5.92 Å². The largest absolute Gasteiger partial charge is 0.484 e. The molecule has 0 spiro atoms. The van der Waals surface area contributed by atoms with Crippen molar-refractivity contribution in [1.82, 2.24) is 5.32 Å². The molecule has 20 heavy (non-hydrogen) atoms. The summed E-state index contributed by atoms with van der Waals surface area (Å²) >= 11 is 0. The molecule has 4 heteroatoms. The second-order valence-corrected chi connectivity index (χ2v) is 5.89. The summed E-state index contributed by atoms with van der Waals surface area (Å²) < 4.78 is 5.56. The molecular weight excluding hydrogens is 252 g/mol. The van der Waals surface area contributed by atoms with Crippen molar-refractivity contribution in [2.24, 2.45) is 11.7 Å². The number of ether oxygens (including phenoxy) is 1. The molecule has 1 aliphatic rings. The molecule has 0 saturated carbocycles. The van der Waals surface area contributed by atoms with Crippen LogP contribution in [0.5, 0.6) is 5.75 Å². The zero-order chi connectivity index (χ0) is 14.7. The van der Waals surface area contributed by atoms with Crippen LogP contribution in [0.25, 0.3) is 0 Å². The van der Waals surface area contributed by atoms with Gasteiger partial charge in [0, 0.05) is 12.1 Å². The maximum atomic E-state index is 11.8. The highest BCUT2D eigenvalue weighted by Gasteiger charge is 2.19. The van der Waals surface area contributed by atoms with Crippen LogP contribution in [0.2, 0.25) is 0 Å². The van der Waals surface area contributed by atoms with Crippen LogP contribution in [0.4, 0.5) is 0 Å². The standard InChI is InChI=1S/C16H24N2O2/c1-10(2)11(3)18-16(19)9-20-13-5-6-14-12(8-13)4-7-15(14)17/h5-6,8,10-11,15H,4,7,9,17H2,1-3H3,(H,18,19)/t11?,15-/m0/s1. The minimum atomic E-state index is -0.0802. The van der Waals surface area contributed by atoms with Crippen LogP contribution < -0.4 is 15.8 Å². The van der Waals surface area contributed by atoms with Gasteiger partial charge in [0.25, 0.3) is 5.91 Å². The minimum absolute atomic E-state index is 0.0574. The zero-order valence-electron chi connectivity index (χ0n) is 12.5. The number of rotatable bonds is 5. The molecule has 110 valence electrons. The van der Waals surface area contributed by atoms with E-state index in [9.17, 15) is 4.79 Å². The lowest BCUT2D eigenvalue weighted by atomic mass is 10.1. The Hall–Kier alpha value is -1.55. The lowest BCUT2D eigenvalue weighted by Gasteiger charge is -2.17. The Morgan fingerprint density at radius 3 is 2.90 bits per heavy atom. The molecule has 2 rings (SSSR count). The molecule has 0 radical (unpaired) electrons. The minimum Gasteiger partial charge on any atom is -0.484 e. The number of aryl methyl sites for hydroxylation is 1. The molecule has 1 aliphatic carbocycles. The monoisotopic (exact) mass is 276 g/mol. The normalized spacial score (nSPS) is 18.8. The number of hydrogen-bond acceptors (Lipinski definition) is 3. The number of fused-ring (bicyclic) bond motifs is 1. The Kier molecular flexibility index (Phi) is 4.65. The van der Waals surface area contributed by atoms with Gasteiger partial charge in [-0.25, -0.2) is 0 Å². The highest BCUT2D eigenvalue weighted by molar-refractivity contribution is 5.77. The van der Waals surface area contributed by atoms with Crippen LogP contribution in [0.1, 0.15) is 44.4 Å². The van der Waals surface area contributed by atoms with E-state index in [0.29, 0.717) is 5.92 Å². The van der Waals surface area contributed by atoms with E-state index in [2.05, 4.69) is 19.2 Å². The van der Waals surface area contributed by atoms with E-state index in [4.69, 9.17) is 10.5 Å². The number of hydrogen-bond donors (Lipinski definition) is 2. The first-order valence-electron chi connectivity index (χ1n) is 7.28. The van der Waals surface area contributed by atoms with Crippen molar-refractivity contribution in [2.75, 3.05) is 6.61 Å². The Balaban J connectivity index is 1.87. The van der Waals surface area contributed by atoms with Crippen LogP contribution in [0.15, 0.2) is 18.2 Å². The van der Waals surface area contributed by atoms with Gasteiger partial charge in [0.15, 0.2) is 6.61 Å². The van der Waals surface area contributed by atoms with Crippen LogP contribution in [-0.4, -0.2) is 18.6 Å². The van der Waals surface area contributed by atoms with Gasteiger partial charge in [-0.1, -0.05) is 19.9 Å². The van der Waals surface area contributed by atoms with Gasteiger partial charge in [0.2, 0.25) is 0 Å². The number of amides is 1. The Labute approximate surface area is 120 Å². The average Bonchev–Trinajstić information content (AvgIpc) is 2.77. The maximum Gasteiger partial charge on any atom is 0.258 e. The molecule has 1 amide bonds. The predicted octanol–water partition coefficient (Wildman–Crippen LogP) is 2.17. The van der Waals surface area contributed by atoms with Gasteiger partial charge in [0.05, 0.1) is 0 Å². The molecule has 0 saturated heterocycles. The van der Waals surface area contributed by atoms with E-state index in [-0.39, 0.29) is 24.6 Å². The fourth-order valence-electron chi connectivity index (χ4n) is 2.33. The SMILES string of the molecule is CC(C)C(C)NC(=O)COc1ccc2c(c1)CC[C@@H]2N. The van der Waals surface area contributed by atoms with Gasteiger partial charge >= 0.3 is 0 Å². The molecule has 2 atom stereocenters. The third kappa shape index (κ3) is 3.51. The van der Waals surface area contributed by atoms with Gasteiger partial charge in [-0.15, -0.1) is 0 Å². The van der Waals surface area contributed by atoms with E-state index in [1.54, 1.807) is 0 Å². The Morgan fingerprint density at radius 1 is 1.45 bits per heavy atom. The summed E-state index contributed by atoms with van der Waals surface area (Å²) in [4.78, 5) is 11.8. The van der Waals surface area contributed by atoms with Crippen molar-refractivity contribution in [2.45, 2.75) is 45.7 Å². The van der Waals surface area contributed by atoms with E-state index in [1.165, 1.54) is 11.1 Å². The van der Waals surface area contributed by atoms with Gasteiger partial charge in [-0.05, 0) is 48.9 Å². The molecule has 4 nitrogen and oxygen atoms in total. The summed E-state index contributed by atoms with van der Waals surface area (Å²) in [7, 11) is 0. The smallest absolute Gasteiger partial charge is 0.258 e. The van der Waals surface area contributed by atoms with Gasteiger partial charge in [-0.2, -0.15) is 0 Å². The zero-order valence-corrected chi connectivity index (χ0v) is 12.5. The molecule has 1 aromatic rings. The van der Waals surface area contributed by atoms with E-state index in [0.717, 1.165) is 18.6 Å². The average molecular weight is 276 g/mol. The van der Waals surface area contributed by atoms with Crippen LogP contribution in [0.3, 0.4) is 0 Å². The van der Waals surface area contributed by atoms with Crippen molar-refractivity contribution in [3.8, 4) is 5.75 Å². The molecule has 1 unspecified atom stereocenters. The lowest BCUT2D eigenvalue weighted by molar-refractivity contribution is -0.124. The molecule has 0 fully saturated rings. The quantitative estimate of drug-likeness (QED) is 0.866. The van der Waals surface area contributed by atoms with Crippen molar-refractivity contribution >= 4 is 5.91 Å². The van der Waals surface area contributed by atoms with Gasteiger partial charge in [0.1, 0.15) is 5.75 Å². The predicted molar refractivity (Wildman–Crippen MR) is 79.6 cm³/mol. The van der Waals surface area contributed by atoms with E-state index in [1.807, 2.05) is 25.1 Å². The maximum absolute atomic E-state index is 11.8. The van der Waals surface area contributed by atoms with Crippen LogP contribution in [-0.2, 0) is 11.2 Å². The van der Waals surface area contributed by atoms with Crippen molar-refractivity contribution in [3.63, 3.8) is 0 Å². The van der Waals surface area contributed by atoms with Crippen molar-refractivity contribution < 1.29 is 9.53 Å². The number of carbonyl (C=O) groups excluding carboxylic acids is 1. The number of benzene rings is 1. The van der Waals surface area contributed by atoms with Crippen LogP contribution >= 0.6 is 0 Å². The second kappa shape index (κ2) is 6.27. The fourth-order valence-corrected chi connectivity index (χ4v) is 2.33. The first-order chi connectivity index (χ1) is 9.47. The fraction of sp³-hybridized carbons (Fsp3) is 0.562. The Bertz CT molecular complexity index is 485. The topological polar surface area (TPSA) is 64.3 Å². The van der Waals surface area contributed by atoms with Gasteiger partial charge < -0.3 is 15.8 Å². The van der Waals surface area contributed by atoms with Crippen molar-refractivity contribution in [3.05, 3.63) is 29.3 Å². The lowest BCUT2D eigenvalue weighted by Crippen LogP contribution is -2.38. The molecule has 1 aromatic carbocycles. The summed E-state index contributed by atoms with van der Waals surface area (Å²) in [5, 5.41) is 2.93. The van der Waals surface area contributed by atoms with E-state index >= 15 is 0 Å². The van der Waals surface area contributed by atoms with Crippen molar-refractivity contribution in [1.29, 1.82) is 0 Å². The van der Waals surface area contributed by atoms with E-state index < -0.39 is 0 Å². The highest BCUT2D eigenvalue weighted by atomic mass is 16.5. The molecule has 0 aromatic heterocycles. The first kappa shape index (κ1) is 14.9. The third-order valence-electron chi connectivity index (χ3n) is 4.00. The summed E-state index contributed by atoms with van der Waals surface area (Å²) in [6, 6.07) is 6.21. The number of carbonyl (C=O) groups is 1. The molecule has 0 heterocycles. The summed E-state index contributed by atoms with van der Waals surface area (Å²) in [6.45, 7) is 6.21.